The number of rotatable bonds is 3. The van der Waals surface area contributed by atoms with Gasteiger partial charge in [0.05, 0.1) is 6.04 Å². The second-order valence-electron chi connectivity index (χ2n) is 3.78. The third kappa shape index (κ3) is 2.29. The number of pyridine rings is 1. The molecule has 0 radical (unpaired) electrons. The van der Waals surface area contributed by atoms with E-state index in [1.807, 2.05) is 0 Å². The van der Waals surface area contributed by atoms with Crippen molar-refractivity contribution < 1.29 is 8.78 Å². The van der Waals surface area contributed by atoms with Crippen LogP contribution in [0, 0.1) is 11.6 Å². The number of aromatic nitrogens is 1. The molecule has 0 fully saturated rings. The number of nitrogens with zero attached hydrogens (tertiary/aromatic N) is 1. The van der Waals surface area contributed by atoms with Gasteiger partial charge in [0.2, 0.25) is 0 Å². The summed E-state index contributed by atoms with van der Waals surface area (Å²) in [6.07, 6.45) is 3.07. The summed E-state index contributed by atoms with van der Waals surface area (Å²) in [5.74, 6) is 3.60. The predicted octanol–water partition coefficient (Wildman–Crippen LogP) is 1.49. The molecule has 0 aliphatic carbocycles. The molecule has 1 atom stereocenters. The number of nitrogen functional groups attached to an aromatic ring is 1. The number of hydrogen-bond donors (Lipinski definition) is 3. The van der Waals surface area contributed by atoms with E-state index in [0.717, 1.165) is 12.1 Å². The van der Waals surface area contributed by atoms with Crippen molar-refractivity contribution in [3.63, 3.8) is 0 Å². The highest BCUT2D eigenvalue weighted by molar-refractivity contribution is 5.49. The number of hydrazine groups is 1. The fourth-order valence-corrected chi connectivity index (χ4v) is 1.72. The van der Waals surface area contributed by atoms with E-state index in [0.29, 0.717) is 16.8 Å². The van der Waals surface area contributed by atoms with Gasteiger partial charge in [0.1, 0.15) is 0 Å². The molecular weight excluding hydrogens is 238 g/mol. The molecule has 1 aromatic heterocycles. The summed E-state index contributed by atoms with van der Waals surface area (Å²) in [5, 5.41) is 0. The van der Waals surface area contributed by atoms with Gasteiger partial charge in [-0.2, -0.15) is 0 Å². The van der Waals surface area contributed by atoms with Gasteiger partial charge >= 0.3 is 0 Å². The van der Waals surface area contributed by atoms with E-state index in [2.05, 4.69) is 10.4 Å². The molecule has 5 N–H and O–H groups in total. The molecule has 1 heterocycles. The first-order valence-corrected chi connectivity index (χ1v) is 5.24. The summed E-state index contributed by atoms with van der Waals surface area (Å²) >= 11 is 0. The van der Waals surface area contributed by atoms with E-state index < -0.39 is 17.7 Å². The molecule has 0 aliphatic rings. The van der Waals surface area contributed by atoms with Crippen molar-refractivity contribution in [1.82, 2.24) is 10.4 Å². The van der Waals surface area contributed by atoms with Crippen LogP contribution in [-0.4, -0.2) is 4.98 Å². The number of halogens is 2. The maximum absolute atomic E-state index is 13.2. The van der Waals surface area contributed by atoms with Gasteiger partial charge in [0.25, 0.3) is 0 Å². The molecule has 1 aromatic carbocycles. The highest BCUT2D eigenvalue weighted by Crippen LogP contribution is 2.26. The average molecular weight is 250 g/mol. The SMILES string of the molecule is NNC(c1ccc(F)c(F)c1)c1cnccc1N. The van der Waals surface area contributed by atoms with Crippen molar-refractivity contribution in [2.24, 2.45) is 5.84 Å². The summed E-state index contributed by atoms with van der Waals surface area (Å²) in [4.78, 5) is 3.94. The number of nitrogens with two attached hydrogens (primary N) is 2. The van der Waals surface area contributed by atoms with Gasteiger partial charge < -0.3 is 5.73 Å². The van der Waals surface area contributed by atoms with Crippen molar-refractivity contribution in [2.75, 3.05) is 5.73 Å². The molecule has 0 amide bonds. The molecular formula is C12H12F2N4. The lowest BCUT2D eigenvalue weighted by molar-refractivity contribution is 0.504. The first kappa shape index (κ1) is 12.4. The minimum Gasteiger partial charge on any atom is -0.398 e. The third-order valence-electron chi connectivity index (χ3n) is 2.64. The molecule has 94 valence electrons. The zero-order valence-electron chi connectivity index (χ0n) is 9.40. The van der Waals surface area contributed by atoms with Crippen molar-refractivity contribution in [3.05, 3.63) is 59.4 Å². The van der Waals surface area contributed by atoms with Gasteiger partial charge in [-0.1, -0.05) is 6.07 Å². The number of hydrogen-bond acceptors (Lipinski definition) is 4. The van der Waals surface area contributed by atoms with Crippen molar-refractivity contribution in [1.29, 1.82) is 0 Å². The maximum Gasteiger partial charge on any atom is 0.159 e. The quantitative estimate of drug-likeness (QED) is 0.570. The Balaban J connectivity index is 2.45. The first-order valence-electron chi connectivity index (χ1n) is 5.24. The molecule has 0 bridgehead atoms. The molecule has 2 aromatic rings. The van der Waals surface area contributed by atoms with E-state index in [1.54, 1.807) is 6.07 Å². The summed E-state index contributed by atoms with van der Waals surface area (Å²) < 4.78 is 26.1. The lowest BCUT2D eigenvalue weighted by Gasteiger charge is -2.18. The second-order valence-corrected chi connectivity index (χ2v) is 3.78. The van der Waals surface area contributed by atoms with Crippen LogP contribution in [0.1, 0.15) is 17.2 Å². The Hall–Kier alpha value is -2.05. The smallest absolute Gasteiger partial charge is 0.159 e. The number of nitrogens with one attached hydrogen (secondary N) is 1. The van der Waals surface area contributed by atoms with Crippen molar-refractivity contribution in [3.8, 4) is 0 Å². The average Bonchev–Trinajstić information content (AvgIpc) is 2.37. The van der Waals surface area contributed by atoms with Crippen LogP contribution in [0.3, 0.4) is 0 Å². The third-order valence-corrected chi connectivity index (χ3v) is 2.64. The Labute approximate surface area is 103 Å². The van der Waals surface area contributed by atoms with Crippen molar-refractivity contribution >= 4 is 5.69 Å². The zero-order chi connectivity index (χ0) is 13.1. The molecule has 0 aliphatic heterocycles. The van der Waals surface area contributed by atoms with Gasteiger partial charge in [0.15, 0.2) is 11.6 Å². The van der Waals surface area contributed by atoms with E-state index in [-0.39, 0.29) is 0 Å². The van der Waals surface area contributed by atoms with Crippen LogP contribution >= 0.6 is 0 Å². The monoisotopic (exact) mass is 250 g/mol. The summed E-state index contributed by atoms with van der Waals surface area (Å²) in [6, 6.07) is 4.62. The molecule has 0 saturated carbocycles. The number of anilines is 1. The van der Waals surface area contributed by atoms with E-state index in [1.165, 1.54) is 18.5 Å². The lowest BCUT2D eigenvalue weighted by Crippen LogP contribution is -2.29. The van der Waals surface area contributed by atoms with Crippen LogP contribution in [-0.2, 0) is 0 Å². The molecule has 1 unspecified atom stereocenters. The minimum absolute atomic E-state index is 0.469. The Morgan fingerprint density at radius 3 is 2.56 bits per heavy atom. The summed E-state index contributed by atoms with van der Waals surface area (Å²) in [7, 11) is 0. The van der Waals surface area contributed by atoms with Crippen LogP contribution < -0.4 is 17.0 Å². The van der Waals surface area contributed by atoms with Crippen LogP contribution in [0.25, 0.3) is 0 Å². The first-order chi connectivity index (χ1) is 8.63. The molecule has 18 heavy (non-hydrogen) atoms. The summed E-state index contributed by atoms with van der Waals surface area (Å²) in [5.41, 5.74) is 9.85. The van der Waals surface area contributed by atoms with Gasteiger partial charge in [-0.3, -0.25) is 10.8 Å². The lowest BCUT2D eigenvalue weighted by atomic mass is 9.99. The van der Waals surface area contributed by atoms with E-state index >= 15 is 0 Å². The Morgan fingerprint density at radius 2 is 1.94 bits per heavy atom. The van der Waals surface area contributed by atoms with E-state index in [9.17, 15) is 8.78 Å². The topological polar surface area (TPSA) is 77.0 Å². The van der Waals surface area contributed by atoms with Crippen LogP contribution in [0.2, 0.25) is 0 Å². The molecule has 0 saturated heterocycles. The van der Waals surface area contributed by atoms with Gasteiger partial charge in [0, 0.05) is 23.6 Å². The largest absolute Gasteiger partial charge is 0.398 e. The van der Waals surface area contributed by atoms with Crippen LogP contribution in [0.15, 0.2) is 36.7 Å². The maximum atomic E-state index is 13.2. The molecule has 6 heteroatoms. The second kappa shape index (κ2) is 5.07. The molecule has 0 spiro atoms. The minimum atomic E-state index is -0.935. The zero-order valence-corrected chi connectivity index (χ0v) is 9.40. The highest BCUT2D eigenvalue weighted by atomic mass is 19.2. The van der Waals surface area contributed by atoms with E-state index in [4.69, 9.17) is 11.6 Å². The Morgan fingerprint density at radius 1 is 1.17 bits per heavy atom. The van der Waals surface area contributed by atoms with Gasteiger partial charge in [-0.15, -0.1) is 0 Å². The Bertz CT molecular complexity index is 560. The Kier molecular flexibility index (Phi) is 3.50. The fourth-order valence-electron chi connectivity index (χ4n) is 1.72. The van der Waals surface area contributed by atoms with Gasteiger partial charge in [-0.05, 0) is 23.8 Å². The predicted molar refractivity (Wildman–Crippen MR) is 64.2 cm³/mol. The van der Waals surface area contributed by atoms with Crippen LogP contribution in [0.5, 0.6) is 0 Å². The highest BCUT2D eigenvalue weighted by Gasteiger charge is 2.17. The van der Waals surface area contributed by atoms with Gasteiger partial charge in [-0.25, -0.2) is 14.2 Å². The fraction of sp³-hybridized carbons (Fsp3) is 0.0833. The normalized spacial score (nSPS) is 12.4. The molecule has 2 rings (SSSR count). The standard InChI is InChI=1S/C12H12F2N4/c13-9-2-1-7(5-10(9)14)12(18-16)8-6-17-4-3-11(8)15/h1-6,12,18H,16H2,(H2,15,17). The molecule has 4 nitrogen and oxygen atoms in total. The van der Waals surface area contributed by atoms with Crippen LogP contribution in [0.4, 0.5) is 14.5 Å². The summed E-state index contributed by atoms with van der Waals surface area (Å²) in [6.45, 7) is 0. The van der Waals surface area contributed by atoms with Crippen molar-refractivity contribution in [2.45, 2.75) is 6.04 Å². The number of benzene rings is 1.